The number of hydrogen-bond donors (Lipinski definition) is 2. The Kier molecular flexibility index (Phi) is 4.73. The highest BCUT2D eigenvalue weighted by atomic mass is 79.9. The molecule has 0 aliphatic carbocycles. The molecule has 0 aromatic heterocycles. The molecule has 106 valence electrons. The third kappa shape index (κ3) is 3.16. The molecule has 0 amide bonds. The van der Waals surface area contributed by atoms with Crippen LogP contribution in [0, 0.1) is 18.6 Å². The van der Waals surface area contributed by atoms with E-state index in [0.29, 0.717) is 0 Å². The van der Waals surface area contributed by atoms with Crippen LogP contribution in [0.3, 0.4) is 0 Å². The number of nitrogens with one attached hydrogen (secondary N) is 1. The molecule has 2 aromatic rings. The molecule has 0 aliphatic heterocycles. The number of aryl methyl sites for hydroxylation is 1. The summed E-state index contributed by atoms with van der Waals surface area (Å²) in [5, 5.41) is 12.9. The van der Waals surface area contributed by atoms with E-state index in [9.17, 15) is 13.9 Å². The molecule has 2 nitrogen and oxygen atoms in total. The lowest BCUT2D eigenvalue weighted by atomic mass is 10.1. The molecule has 2 aromatic carbocycles. The van der Waals surface area contributed by atoms with Crippen LogP contribution in [0.15, 0.2) is 40.9 Å². The van der Waals surface area contributed by atoms with E-state index >= 15 is 0 Å². The maximum Gasteiger partial charge on any atom is 0.132 e. The van der Waals surface area contributed by atoms with Crippen molar-refractivity contribution in [3.63, 3.8) is 0 Å². The van der Waals surface area contributed by atoms with Crippen molar-refractivity contribution in [3.05, 3.63) is 63.6 Å². The second kappa shape index (κ2) is 6.33. The van der Waals surface area contributed by atoms with Gasteiger partial charge in [-0.2, -0.15) is 0 Å². The molecule has 0 bridgehead atoms. The highest BCUT2D eigenvalue weighted by Gasteiger charge is 2.17. The number of rotatable bonds is 4. The molecule has 0 radical (unpaired) electrons. The Labute approximate surface area is 124 Å². The van der Waals surface area contributed by atoms with E-state index in [2.05, 4.69) is 21.2 Å². The van der Waals surface area contributed by atoms with Gasteiger partial charge in [0.1, 0.15) is 17.7 Å². The van der Waals surface area contributed by atoms with Gasteiger partial charge in [0, 0.05) is 16.7 Å². The minimum Gasteiger partial charge on any atom is -0.386 e. The zero-order valence-electron chi connectivity index (χ0n) is 10.8. The van der Waals surface area contributed by atoms with Crippen LogP contribution in [0.4, 0.5) is 14.5 Å². The SMILES string of the molecule is Cc1cccc(NCC(O)c2c(F)cccc2F)c1Br. The van der Waals surface area contributed by atoms with Gasteiger partial charge in [-0.05, 0) is 46.6 Å². The van der Waals surface area contributed by atoms with Crippen molar-refractivity contribution in [1.82, 2.24) is 0 Å². The Morgan fingerprint density at radius 3 is 2.40 bits per heavy atom. The number of anilines is 1. The van der Waals surface area contributed by atoms with Gasteiger partial charge in [-0.15, -0.1) is 0 Å². The fourth-order valence-electron chi connectivity index (χ4n) is 1.92. The Morgan fingerprint density at radius 1 is 1.15 bits per heavy atom. The third-order valence-electron chi connectivity index (χ3n) is 3.01. The fourth-order valence-corrected chi connectivity index (χ4v) is 2.33. The van der Waals surface area contributed by atoms with E-state index in [4.69, 9.17) is 0 Å². The van der Waals surface area contributed by atoms with Crippen molar-refractivity contribution in [2.45, 2.75) is 13.0 Å². The summed E-state index contributed by atoms with van der Waals surface area (Å²) >= 11 is 3.42. The average Bonchev–Trinajstić information content (AvgIpc) is 2.40. The van der Waals surface area contributed by atoms with Gasteiger partial charge < -0.3 is 10.4 Å². The quantitative estimate of drug-likeness (QED) is 0.874. The molecular weight excluding hydrogens is 328 g/mol. The Morgan fingerprint density at radius 2 is 1.75 bits per heavy atom. The largest absolute Gasteiger partial charge is 0.386 e. The standard InChI is InChI=1S/C15H14BrF2NO/c1-9-4-2-7-12(15(9)16)19-8-13(20)14-10(17)5-3-6-11(14)18/h2-7,13,19-20H,8H2,1H3. The molecule has 5 heteroatoms. The number of benzene rings is 2. The molecule has 0 aliphatic rings. The van der Waals surface area contributed by atoms with Crippen molar-refractivity contribution in [2.24, 2.45) is 0 Å². The van der Waals surface area contributed by atoms with Crippen LogP contribution < -0.4 is 5.32 Å². The van der Waals surface area contributed by atoms with E-state index in [1.807, 2.05) is 25.1 Å². The first-order chi connectivity index (χ1) is 9.50. The topological polar surface area (TPSA) is 32.3 Å². The van der Waals surface area contributed by atoms with E-state index in [1.165, 1.54) is 6.07 Å². The number of halogens is 3. The summed E-state index contributed by atoms with van der Waals surface area (Å²) in [5.74, 6) is -1.50. The molecule has 0 saturated carbocycles. The molecule has 0 heterocycles. The van der Waals surface area contributed by atoms with Crippen LogP contribution >= 0.6 is 15.9 Å². The molecule has 1 unspecified atom stereocenters. The molecule has 2 N–H and O–H groups in total. The predicted molar refractivity (Wildman–Crippen MR) is 78.7 cm³/mol. The maximum atomic E-state index is 13.5. The second-order valence-electron chi connectivity index (χ2n) is 4.47. The molecule has 2 rings (SSSR count). The van der Waals surface area contributed by atoms with Gasteiger partial charge in [0.2, 0.25) is 0 Å². The Balaban J connectivity index is 2.13. The van der Waals surface area contributed by atoms with E-state index in [0.717, 1.165) is 27.9 Å². The molecule has 0 saturated heterocycles. The summed E-state index contributed by atoms with van der Waals surface area (Å²) in [6.07, 6.45) is -1.26. The van der Waals surface area contributed by atoms with Gasteiger partial charge in [-0.3, -0.25) is 0 Å². The number of aliphatic hydroxyl groups is 1. The Hall–Kier alpha value is -1.46. The Bertz CT molecular complexity index is 599. The van der Waals surface area contributed by atoms with E-state index in [-0.39, 0.29) is 12.1 Å². The van der Waals surface area contributed by atoms with Gasteiger partial charge in [0.25, 0.3) is 0 Å². The third-order valence-corrected chi connectivity index (χ3v) is 4.06. The molecular formula is C15H14BrF2NO. The summed E-state index contributed by atoms with van der Waals surface area (Å²) in [6.45, 7) is 1.95. The van der Waals surface area contributed by atoms with Gasteiger partial charge in [0.05, 0.1) is 5.56 Å². The first-order valence-corrected chi connectivity index (χ1v) is 6.91. The van der Waals surface area contributed by atoms with Crippen LogP contribution in [0.25, 0.3) is 0 Å². The molecule has 1 atom stereocenters. The lowest BCUT2D eigenvalue weighted by Gasteiger charge is -2.16. The van der Waals surface area contributed by atoms with Crippen molar-refractivity contribution in [3.8, 4) is 0 Å². The second-order valence-corrected chi connectivity index (χ2v) is 5.26. The maximum absolute atomic E-state index is 13.5. The summed E-state index contributed by atoms with van der Waals surface area (Å²) in [5.41, 5.74) is 1.48. The predicted octanol–water partition coefficient (Wildman–Crippen LogP) is 4.18. The highest BCUT2D eigenvalue weighted by Crippen LogP contribution is 2.27. The zero-order chi connectivity index (χ0) is 14.7. The van der Waals surface area contributed by atoms with Gasteiger partial charge >= 0.3 is 0 Å². The van der Waals surface area contributed by atoms with Crippen LogP contribution in [0.2, 0.25) is 0 Å². The average molecular weight is 342 g/mol. The van der Waals surface area contributed by atoms with Crippen LogP contribution in [-0.2, 0) is 0 Å². The normalized spacial score (nSPS) is 12.2. The monoisotopic (exact) mass is 341 g/mol. The fraction of sp³-hybridized carbons (Fsp3) is 0.200. The summed E-state index contributed by atoms with van der Waals surface area (Å²) < 4.78 is 27.9. The first-order valence-electron chi connectivity index (χ1n) is 6.11. The van der Waals surface area contributed by atoms with Gasteiger partial charge in [0.15, 0.2) is 0 Å². The van der Waals surface area contributed by atoms with Crippen LogP contribution in [0.5, 0.6) is 0 Å². The lowest BCUT2D eigenvalue weighted by Crippen LogP contribution is -2.15. The number of hydrogen-bond acceptors (Lipinski definition) is 2. The number of aliphatic hydroxyl groups excluding tert-OH is 1. The van der Waals surface area contributed by atoms with E-state index < -0.39 is 17.7 Å². The minimum absolute atomic E-state index is 0.0138. The van der Waals surface area contributed by atoms with Crippen molar-refractivity contribution < 1.29 is 13.9 Å². The minimum atomic E-state index is -1.26. The summed E-state index contributed by atoms with van der Waals surface area (Å²) in [7, 11) is 0. The molecule has 0 fully saturated rings. The smallest absolute Gasteiger partial charge is 0.132 e. The molecule has 20 heavy (non-hydrogen) atoms. The van der Waals surface area contributed by atoms with Crippen LogP contribution in [-0.4, -0.2) is 11.7 Å². The lowest BCUT2D eigenvalue weighted by molar-refractivity contribution is 0.181. The first kappa shape index (κ1) is 14.9. The van der Waals surface area contributed by atoms with Crippen molar-refractivity contribution >= 4 is 21.6 Å². The van der Waals surface area contributed by atoms with Gasteiger partial charge in [-0.25, -0.2) is 8.78 Å². The van der Waals surface area contributed by atoms with Crippen molar-refractivity contribution in [1.29, 1.82) is 0 Å². The van der Waals surface area contributed by atoms with Crippen molar-refractivity contribution in [2.75, 3.05) is 11.9 Å². The zero-order valence-corrected chi connectivity index (χ0v) is 12.4. The summed E-state index contributed by atoms with van der Waals surface area (Å²) in [6, 6.07) is 9.14. The van der Waals surface area contributed by atoms with E-state index in [1.54, 1.807) is 0 Å². The molecule has 0 spiro atoms. The highest BCUT2D eigenvalue weighted by molar-refractivity contribution is 9.10. The van der Waals surface area contributed by atoms with Crippen LogP contribution in [0.1, 0.15) is 17.2 Å². The van der Waals surface area contributed by atoms with Gasteiger partial charge in [-0.1, -0.05) is 18.2 Å². The summed E-state index contributed by atoms with van der Waals surface area (Å²) in [4.78, 5) is 0.